The summed E-state index contributed by atoms with van der Waals surface area (Å²) in [7, 11) is 0. The molecule has 0 spiro atoms. The van der Waals surface area contributed by atoms with Crippen molar-refractivity contribution in [2.75, 3.05) is 4.90 Å². The second-order valence-electron chi connectivity index (χ2n) is 6.48. The zero-order valence-corrected chi connectivity index (χ0v) is 14.3. The first-order chi connectivity index (χ1) is 12.9. The monoisotopic (exact) mass is 332 g/mol. The molecule has 1 radical (unpaired) electrons. The third kappa shape index (κ3) is 2.41. The van der Waals surface area contributed by atoms with Crippen LogP contribution < -0.4 is 4.90 Å². The lowest BCUT2D eigenvalue weighted by Crippen LogP contribution is -2.11. The topological polar surface area (TPSA) is 3.24 Å². The summed E-state index contributed by atoms with van der Waals surface area (Å²) in [5, 5.41) is 0. The molecule has 4 aromatic rings. The van der Waals surface area contributed by atoms with E-state index in [-0.39, 0.29) is 0 Å². The van der Waals surface area contributed by atoms with Gasteiger partial charge in [0, 0.05) is 17.8 Å². The standard InChI is InChI=1S/C25H18N/c1-3-11-20(12-4-1)26(21-13-5-2-6-14-21)25-17-9-16-23-22-15-8-7-10-19(22)18-24(23)25/h1-18H. The van der Waals surface area contributed by atoms with Crippen molar-refractivity contribution in [3.63, 3.8) is 0 Å². The highest BCUT2D eigenvalue weighted by molar-refractivity contribution is 5.90. The number of fused-ring (bicyclic) bond motifs is 3. The molecule has 1 aliphatic rings. The number of hydrogen-bond acceptors (Lipinski definition) is 1. The Labute approximate surface area is 154 Å². The normalized spacial score (nSPS) is 11.7. The van der Waals surface area contributed by atoms with Crippen LogP contribution in [0.3, 0.4) is 0 Å². The zero-order valence-electron chi connectivity index (χ0n) is 14.3. The number of para-hydroxylation sites is 2. The number of rotatable bonds is 3. The number of anilines is 3. The van der Waals surface area contributed by atoms with Gasteiger partial charge in [-0.05, 0) is 52.6 Å². The van der Waals surface area contributed by atoms with E-state index in [1.807, 2.05) is 0 Å². The third-order valence-corrected chi connectivity index (χ3v) is 4.90. The van der Waals surface area contributed by atoms with Crippen molar-refractivity contribution in [3.05, 3.63) is 121 Å². The van der Waals surface area contributed by atoms with Gasteiger partial charge in [0.1, 0.15) is 0 Å². The average molecular weight is 332 g/mol. The maximum absolute atomic E-state index is 2.33. The quantitative estimate of drug-likeness (QED) is 0.354. The Morgan fingerprint density at radius 1 is 0.462 bits per heavy atom. The van der Waals surface area contributed by atoms with Crippen LogP contribution in [0.2, 0.25) is 0 Å². The molecule has 0 bridgehead atoms. The number of nitrogens with zero attached hydrogens (tertiary/aromatic N) is 1. The van der Waals surface area contributed by atoms with Crippen LogP contribution in [0.4, 0.5) is 17.1 Å². The molecule has 0 fully saturated rings. The molecule has 4 aromatic carbocycles. The Bertz CT molecular complexity index is 1010. The van der Waals surface area contributed by atoms with Crippen molar-refractivity contribution < 1.29 is 0 Å². The summed E-state index contributed by atoms with van der Waals surface area (Å²) >= 11 is 0. The maximum Gasteiger partial charge on any atom is 0.0506 e. The fraction of sp³-hybridized carbons (Fsp3) is 0. The highest BCUT2D eigenvalue weighted by Gasteiger charge is 2.24. The predicted octanol–water partition coefficient (Wildman–Crippen LogP) is 6.74. The van der Waals surface area contributed by atoms with Crippen LogP contribution in [0, 0.1) is 6.42 Å². The van der Waals surface area contributed by atoms with E-state index in [2.05, 4.69) is 114 Å². The van der Waals surface area contributed by atoms with Gasteiger partial charge >= 0.3 is 0 Å². The second-order valence-corrected chi connectivity index (χ2v) is 6.48. The van der Waals surface area contributed by atoms with Gasteiger partial charge in [-0.15, -0.1) is 0 Å². The molecular formula is C25H18N. The van der Waals surface area contributed by atoms with Gasteiger partial charge in [0.15, 0.2) is 0 Å². The van der Waals surface area contributed by atoms with Crippen molar-refractivity contribution in [1.29, 1.82) is 0 Å². The van der Waals surface area contributed by atoms with Crippen molar-refractivity contribution in [2.24, 2.45) is 0 Å². The lowest BCUT2D eigenvalue weighted by atomic mass is 10.0. The van der Waals surface area contributed by atoms with E-state index < -0.39 is 0 Å². The van der Waals surface area contributed by atoms with E-state index >= 15 is 0 Å². The first-order valence-electron chi connectivity index (χ1n) is 8.89. The maximum atomic E-state index is 2.33. The highest BCUT2D eigenvalue weighted by atomic mass is 15.1. The first kappa shape index (κ1) is 15.0. The molecule has 123 valence electrons. The molecular weight excluding hydrogens is 314 g/mol. The van der Waals surface area contributed by atoms with E-state index in [0.717, 1.165) is 11.4 Å². The van der Waals surface area contributed by atoms with Gasteiger partial charge < -0.3 is 4.90 Å². The van der Waals surface area contributed by atoms with Crippen LogP contribution in [0.15, 0.2) is 103 Å². The molecule has 26 heavy (non-hydrogen) atoms. The Hall–Kier alpha value is -3.32. The molecule has 0 heterocycles. The average Bonchev–Trinajstić information content (AvgIpc) is 3.10. The highest BCUT2D eigenvalue weighted by Crippen LogP contribution is 2.46. The van der Waals surface area contributed by atoms with Gasteiger partial charge in [-0.3, -0.25) is 0 Å². The van der Waals surface area contributed by atoms with Crippen LogP contribution in [0.1, 0.15) is 11.1 Å². The minimum absolute atomic E-state index is 1.16. The molecule has 0 atom stereocenters. The number of hydrogen-bond donors (Lipinski definition) is 0. The van der Waals surface area contributed by atoms with Gasteiger partial charge in [0.05, 0.1) is 5.69 Å². The van der Waals surface area contributed by atoms with E-state index in [0.29, 0.717) is 0 Å². The van der Waals surface area contributed by atoms with Crippen LogP contribution in [0.25, 0.3) is 11.1 Å². The number of benzene rings is 4. The fourth-order valence-corrected chi connectivity index (χ4v) is 3.74. The van der Waals surface area contributed by atoms with E-state index in [4.69, 9.17) is 0 Å². The minimum atomic E-state index is 1.16. The first-order valence-corrected chi connectivity index (χ1v) is 8.89. The summed E-state index contributed by atoms with van der Waals surface area (Å²) in [5.41, 5.74) is 8.71. The molecule has 0 N–H and O–H groups in total. The van der Waals surface area contributed by atoms with Crippen molar-refractivity contribution in [1.82, 2.24) is 0 Å². The predicted molar refractivity (Wildman–Crippen MR) is 109 cm³/mol. The van der Waals surface area contributed by atoms with Crippen molar-refractivity contribution in [2.45, 2.75) is 0 Å². The van der Waals surface area contributed by atoms with E-state index in [1.54, 1.807) is 0 Å². The molecule has 1 heteroatoms. The Morgan fingerprint density at radius 2 is 1.04 bits per heavy atom. The third-order valence-electron chi connectivity index (χ3n) is 4.90. The summed E-state index contributed by atoms with van der Waals surface area (Å²) in [6.45, 7) is 0. The summed E-state index contributed by atoms with van der Waals surface area (Å²) in [6.07, 6.45) is 2.30. The van der Waals surface area contributed by atoms with Gasteiger partial charge in [-0.2, -0.15) is 0 Å². The molecule has 0 unspecified atom stereocenters. The van der Waals surface area contributed by atoms with E-state index in [1.165, 1.54) is 27.9 Å². The van der Waals surface area contributed by atoms with Crippen LogP contribution in [-0.4, -0.2) is 0 Å². The minimum Gasteiger partial charge on any atom is -0.310 e. The lowest BCUT2D eigenvalue weighted by molar-refractivity contribution is 1.27. The van der Waals surface area contributed by atoms with Gasteiger partial charge in [-0.1, -0.05) is 72.8 Å². The van der Waals surface area contributed by atoms with Crippen LogP contribution >= 0.6 is 0 Å². The summed E-state index contributed by atoms with van der Waals surface area (Å²) in [4.78, 5) is 2.33. The second kappa shape index (κ2) is 6.20. The molecule has 0 saturated carbocycles. The molecule has 0 amide bonds. The van der Waals surface area contributed by atoms with Gasteiger partial charge in [-0.25, -0.2) is 0 Å². The zero-order chi connectivity index (χ0) is 17.3. The molecule has 1 aliphatic carbocycles. The Kier molecular flexibility index (Phi) is 3.57. The van der Waals surface area contributed by atoms with Gasteiger partial charge in [0.2, 0.25) is 0 Å². The van der Waals surface area contributed by atoms with Crippen LogP contribution in [0.5, 0.6) is 0 Å². The SMILES string of the molecule is [CH]1c2ccccc2-c2cccc(N(c3ccccc3)c3ccccc3)c21. The smallest absolute Gasteiger partial charge is 0.0506 e. The van der Waals surface area contributed by atoms with Crippen LogP contribution in [-0.2, 0) is 0 Å². The van der Waals surface area contributed by atoms with E-state index in [9.17, 15) is 0 Å². The summed E-state index contributed by atoms with van der Waals surface area (Å²) in [5.74, 6) is 0. The van der Waals surface area contributed by atoms with Gasteiger partial charge in [0.25, 0.3) is 0 Å². The molecule has 5 rings (SSSR count). The molecule has 0 aliphatic heterocycles. The lowest BCUT2D eigenvalue weighted by Gasteiger charge is -2.27. The summed E-state index contributed by atoms with van der Waals surface area (Å²) in [6, 6.07) is 36.3. The molecule has 1 nitrogen and oxygen atoms in total. The Balaban J connectivity index is 1.72. The largest absolute Gasteiger partial charge is 0.310 e. The molecule has 0 aromatic heterocycles. The van der Waals surface area contributed by atoms with Crippen molar-refractivity contribution in [3.8, 4) is 11.1 Å². The van der Waals surface area contributed by atoms with Crippen molar-refractivity contribution >= 4 is 17.1 Å². The fourth-order valence-electron chi connectivity index (χ4n) is 3.74. The summed E-state index contributed by atoms with van der Waals surface area (Å²) < 4.78 is 0. The Morgan fingerprint density at radius 3 is 1.73 bits per heavy atom. The molecule has 0 saturated heterocycles.